The molecule has 1 atom stereocenters. The smallest absolute Gasteiger partial charge is 0.407 e. The molecule has 0 bridgehead atoms. The van der Waals surface area contributed by atoms with Crippen LogP contribution in [-0.2, 0) is 14.3 Å². The minimum atomic E-state index is -1.08. The molecule has 2 heterocycles. The highest BCUT2D eigenvalue weighted by atomic mass is 19.1. The van der Waals surface area contributed by atoms with Gasteiger partial charge in [0.05, 0.1) is 12.0 Å². The Hall–Kier alpha value is -2.75. The van der Waals surface area contributed by atoms with Crippen molar-refractivity contribution in [2.75, 3.05) is 31.1 Å². The predicted octanol–water partition coefficient (Wildman–Crippen LogP) is 1.01. The lowest BCUT2D eigenvalue weighted by Crippen LogP contribution is -2.60. The van der Waals surface area contributed by atoms with Crippen LogP contribution < -0.4 is 20.9 Å². The van der Waals surface area contributed by atoms with Crippen molar-refractivity contribution < 1.29 is 27.9 Å². The van der Waals surface area contributed by atoms with Crippen LogP contribution in [0.5, 0.6) is 0 Å². The first-order valence-corrected chi connectivity index (χ1v) is 9.58. The molecule has 2 fully saturated rings. The summed E-state index contributed by atoms with van der Waals surface area (Å²) in [7, 11) is 0. The van der Waals surface area contributed by atoms with E-state index in [0.29, 0.717) is 38.3 Å². The molecule has 3 N–H and O–H groups in total. The maximum atomic E-state index is 14.7. The highest BCUT2D eigenvalue weighted by Crippen LogP contribution is 2.32. The maximum Gasteiger partial charge on any atom is 0.407 e. The molecule has 0 saturated carbocycles. The van der Waals surface area contributed by atoms with Crippen LogP contribution in [0.2, 0.25) is 0 Å². The summed E-state index contributed by atoms with van der Waals surface area (Å²) in [6.45, 7) is 3.84. The van der Waals surface area contributed by atoms with E-state index in [9.17, 15) is 23.2 Å². The Morgan fingerprint density at radius 3 is 2.48 bits per heavy atom. The fourth-order valence-electron chi connectivity index (χ4n) is 3.42. The summed E-state index contributed by atoms with van der Waals surface area (Å²) in [4.78, 5) is 36.0. The Morgan fingerprint density at radius 2 is 1.97 bits per heavy atom. The van der Waals surface area contributed by atoms with Crippen molar-refractivity contribution in [3.05, 3.63) is 29.3 Å². The molecule has 2 aliphatic heterocycles. The highest BCUT2D eigenvalue weighted by molar-refractivity contribution is 5.91. The summed E-state index contributed by atoms with van der Waals surface area (Å²) in [5.74, 6) is -3.50. The number of hydrogen-bond donors (Lipinski definition) is 3. The highest BCUT2D eigenvalue weighted by Gasteiger charge is 2.33. The van der Waals surface area contributed by atoms with E-state index in [1.807, 2.05) is 5.32 Å². The van der Waals surface area contributed by atoms with Gasteiger partial charge >= 0.3 is 6.09 Å². The molecule has 1 aromatic carbocycles. The second-order valence-corrected chi connectivity index (χ2v) is 7.22. The van der Waals surface area contributed by atoms with Gasteiger partial charge in [-0.25, -0.2) is 13.6 Å². The molecule has 1 aromatic rings. The number of benzene rings is 1. The number of hydrogen-bond acceptors (Lipinski definition) is 6. The maximum absolute atomic E-state index is 14.7. The van der Waals surface area contributed by atoms with Gasteiger partial charge in [-0.1, -0.05) is 13.3 Å². The minimum absolute atomic E-state index is 0.116. The topological polar surface area (TPSA) is 99.8 Å². The van der Waals surface area contributed by atoms with Crippen LogP contribution in [0.3, 0.4) is 0 Å². The first kappa shape index (κ1) is 21.0. The molecular weight excluding hydrogens is 386 g/mol. The number of rotatable bonds is 8. The molecule has 0 aromatic heterocycles. The molecule has 158 valence electrons. The number of imide groups is 1. The predicted molar refractivity (Wildman–Crippen MR) is 100 cm³/mol. The Kier molecular flexibility index (Phi) is 6.63. The SMILES string of the molecule is CCCC(C(=O)NC=O)c1c(F)cc(N2CC(NC(=O)OC3CNC3)C2)cc1F. The van der Waals surface area contributed by atoms with E-state index >= 15 is 0 Å². The standard InChI is InChI=1S/C19H24F2N4O4/c1-2-3-14(18(27)23-10-26)17-15(20)4-12(5-16(17)21)25-8-11(9-25)24-19(28)29-13-6-22-7-13/h4-5,10-11,13-14,22H,2-3,6-9H2,1H3,(H,24,28)(H,23,26,27). The largest absolute Gasteiger partial charge is 0.444 e. The fourth-order valence-corrected chi connectivity index (χ4v) is 3.42. The number of alkyl carbamates (subject to hydrolysis) is 1. The van der Waals surface area contributed by atoms with E-state index in [2.05, 4.69) is 10.6 Å². The molecule has 0 spiro atoms. The van der Waals surface area contributed by atoms with E-state index in [1.165, 1.54) is 12.1 Å². The minimum Gasteiger partial charge on any atom is -0.444 e. The van der Waals surface area contributed by atoms with E-state index in [1.54, 1.807) is 11.8 Å². The van der Waals surface area contributed by atoms with Crippen molar-refractivity contribution in [3.8, 4) is 0 Å². The van der Waals surface area contributed by atoms with Gasteiger partial charge in [-0.2, -0.15) is 0 Å². The number of ether oxygens (including phenoxy) is 1. The number of anilines is 1. The van der Waals surface area contributed by atoms with Gasteiger partial charge in [0.1, 0.15) is 17.7 Å². The average Bonchev–Trinajstić information content (AvgIpc) is 2.59. The number of nitrogens with zero attached hydrogens (tertiary/aromatic N) is 1. The van der Waals surface area contributed by atoms with Crippen LogP contribution in [0.15, 0.2) is 12.1 Å². The Morgan fingerprint density at radius 1 is 1.31 bits per heavy atom. The van der Waals surface area contributed by atoms with Crippen molar-refractivity contribution in [1.29, 1.82) is 0 Å². The van der Waals surface area contributed by atoms with E-state index in [0.717, 1.165) is 0 Å². The van der Waals surface area contributed by atoms with E-state index in [4.69, 9.17) is 4.74 Å². The van der Waals surface area contributed by atoms with Gasteiger partial charge in [-0.15, -0.1) is 0 Å². The van der Waals surface area contributed by atoms with Crippen LogP contribution in [-0.4, -0.2) is 56.7 Å². The van der Waals surface area contributed by atoms with Crippen molar-refractivity contribution in [1.82, 2.24) is 16.0 Å². The molecule has 2 saturated heterocycles. The third kappa shape index (κ3) is 4.81. The average molecular weight is 410 g/mol. The molecule has 1 unspecified atom stereocenters. The normalized spacial score (nSPS) is 17.7. The van der Waals surface area contributed by atoms with Gasteiger partial charge in [0.2, 0.25) is 12.3 Å². The molecule has 3 amide bonds. The second-order valence-electron chi connectivity index (χ2n) is 7.22. The monoisotopic (exact) mass is 410 g/mol. The van der Waals surface area contributed by atoms with Crippen LogP contribution in [0.25, 0.3) is 0 Å². The van der Waals surface area contributed by atoms with Gasteiger partial charge in [0.25, 0.3) is 0 Å². The molecule has 10 heteroatoms. The zero-order chi connectivity index (χ0) is 21.0. The Labute approximate surface area is 167 Å². The molecule has 29 heavy (non-hydrogen) atoms. The Bertz CT molecular complexity index is 758. The lowest BCUT2D eigenvalue weighted by Gasteiger charge is -2.41. The third-order valence-electron chi connectivity index (χ3n) is 5.09. The van der Waals surface area contributed by atoms with Crippen LogP contribution in [0.4, 0.5) is 19.3 Å². The molecule has 2 aliphatic rings. The Balaban J connectivity index is 1.62. The zero-order valence-corrected chi connectivity index (χ0v) is 16.0. The fraction of sp³-hybridized carbons (Fsp3) is 0.526. The number of carbonyl (C=O) groups excluding carboxylic acids is 3. The molecule has 0 radical (unpaired) electrons. The van der Waals surface area contributed by atoms with Gasteiger partial charge < -0.3 is 20.3 Å². The summed E-state index contributed by atoms with van der Waals surface area (Å²) < 4.78 is 34.5. The van der Waals surface area contributed by atoms with Gasteiger partial charge in [-0.05, 0) is 18.6 Å². The summed E-state index contributed by atoms with van der Waals surface area (Å²) >= 11 is 0. The second kappa shape index (κ2) is 9.17. The summed E-state index contributed by atoms with van der Waals surface area (Å²) in [5.41, 5.74) is -0.0211. The van der Waals surface area contributed by atoms with Crippen molar-refractivity contribution in [2.24, 2.45) is 0 Å². The van der Waals surface area contributed by atoms with Crippen molar-refractivity contribution >= 4 is 24.1 Å². The van der Waals surface area contributed by atoms with Crippen molar-refractivity contribution in [3.63, 3.8) is 0 Å². The van der Waals surface area contributed by atoms with Gasteiger partial charge in [0.15, 0.2) is 0 Å². The number of amides is 3. The first-order valence-electron chi connectivity index (χ1n) is 9.58. The quantitative estimate of drug-likeness (QED) is 0.553. The summed E-state index contributed by atoms with van der Waals surface area (Å²) in [6, 6.07) is 2.17. The van der Waals surface area contributed by atoms with Gasteiger partial charge in [0, 0.05) is 37.4 Å². The van der Waals surface area contributed by atoms with Crippen LogP contribution in [0.1, 0.15) is 31.2 Å². The lowest BCUT2D eigenvalue weighted by atomic mass is 9.92. The lowest BCUT2D eigenvalue weighted by molar-refractivity contribution is -0.126. The van der Waals surface area contributed by atoms with E-state index in [-0.39, 0.29) is 30.5 Å². The molecule has 3 rings (SSSR count). The van der Waals surface area contributed by atoms with E-state index < -0.39 is 29.6 Å². The number of nitrogens with one attached hydrogen (secondary N) is 3. The van der Waals surface area contributed by atoms with Gasteiger partial charge in [-0.3, -0.25) is 14.9 Å². The third-order valence-corrected chi connectivity index (χ3v) is 5.09. The van der Waals surface area contributed by atoms with Crippen molar-refractivity contribution in [2.45, 2.75) is 37.8 Å². The van der Waals surface area contributed by atoms with Crippen LogP contribution in [0, 0.1) is 11.6 Å². The molecule has 0 aliphatic carbocycles. The first-order chi connectivity index (χ1) is 13.9. The van der Waals surface area contributed by atoms with Crippen LogP contribution >= 0.6 is 0 Å². The summed E-state index contributed by atoms with van der Waals surface area (Å²) in [6.07, 6.45) is 0.312. The number of carbonyl (C=O) groups is 3. The summed E-state index contributed by atoms with van der Waals surface area (Å²) in [5, 5.41) is 7.68. The number of halogens is 2. The molecule has 8 nitrogen and oxygen atoms in total. The zero-order valence-electron chi connectivity index (χ0n) is 16.0. The molecular formula is C19H24F2N4O4.